The summed E-state index contributed by atoms with van der Waals surface area (Å²) in [6, 6.07) is 2.91. The number of pyridine rings is 1. The fourth-order valence-electron chi connectivity index (χ4n) is 0.915. The third-order valence-electron chi connectivity index (χ3n) is 1.58. The Morgan fingerprint density at radius 3 is 1.63 bits per heavy atom. The molecule has 1 aromatic rings. The van der Waals surface area contributed by atoms with Crippen LogP contribution >= 0.6 is 15.9 Å². The third kappa shape index (κ3) is 6.91. The van der Waals surface area contributed by atoms with Gasteiger partial charge in [0, 0.05) is 4.47 Å². The first kappa shape index (κ1) is 17.6. The summed E-state index contributed by atoms with van der Waals surface area (Å²) in [4.78, 5) is 26.1. The van der Waals surface area contributed by atoms with Crippen LogP contribution in [0.2, 0.25) is 0 Å². The van der Waals surface area contributed by atoms with Crippen LogP contribution in [-0.2, 0) is 9.47 Å². The van der Waals surface area contributed by atoms with Crippen molar-refractivity contribution in [2.24, 2.45) is 5.92 Å². The number of ether oxygens (including phenoxy) is 2. The van der Waals surface area contributed by atoms with E-state index in [1.807, 2.05) is 0 Å². The minimum absolute atomic E-state index is 0.0484. The van der Waals surface area contributed by atoms with Gasteiger partial charge in [0.05, 0.1) is 14.2 Å². The van der Waals surface area contributed by atoms with Crippen molar-refractivity contribution in [3.8, 4) is 0 Å². The highest BCUT2D eigenvalue weighted by Crippen LogP contribution is 2.14. The summed E-state index contributed by atoms with van der Waals surface area (Å²) >= 11 is 3.15. The number of carbonyl (C=O) groups excluding carboxylic acids is 2. The van der Waals surface area contributed by atoms with E-state index < -0.39 is 11.9 Å². The predicted octanol–water partition coefficient (Wildman–Crippen LogP) is 3.08. The van der Waals surface area contributed by atoms with Gasteiger partial charge in [-0.2, -0.15) is 0 Å². The number of rotatable bonds is 2. The van der Waals surface area contributed by atoms with Gasteiger partial charge >= 0.3 is 11.9 Å². The van der Waals surface area contributed by atoms with E-state index in [9.17, 15) is 9.59 Å². The van der Waals surface area contributed by atoms with Gasteiger partial charge in [0.25, 0.3) is 0 Å². The lowest BCUT2D eigenvalue weighted by atomic mass is 10.3. The number of aromatic nitrogens is 1. The minimum atomic E-state index is -0.610. The van der Waals surface area contributed by atoms with Gasteiger partial charge in [-0.1, -0.05) is 36.7 Å². The first-order chi connectivity index (χ1) is 8.81. The summed E-state index contributed by atoms with van der Waals surface area (Å²) in [5, 5.41) is 0. The molecule has 0 radical (unpaired) electrons. The van der Waals surface area contributed by atoms with Gasteiger partial charge in [-0.3, -0.25) is 0 Å². The summed E-state index contributed by atoms with van der Waals surface area (Å²) in [7, 11) is 2.48. The second-order valence-electron chi connectivity index (χ2n) is 4.27. The van der Waals surface area contributed by atoms with E-state index in [-0.39, 0.29) is 11.4 Å². The Hall–Kier alpha value is -1.43. The van der Waals surface area contributed by atoms with Crippen LogP contribution in [0.15, 0.2) is 16.6 Å². The highest BCUT2D eigenvalue weighted by molar-refractivity contribution is 9.10. The lowest BCUT2D eigenvalue weighted by Crippen LogP contribution is -2.10. The molecule has 0 amide bonds. The van der Waals surface area contributed by atoms with Crippen LogP contribution in [0.1, 0.15) is 41.7 Å². The van der Waals surface area contributed by atoms with E-state index in [1.165, 1.54) is 26.4 Å². The van der Waals surface area contributed by atoms with Crippen molar-refractivity contribution in [2.75, 3.05) is 14.2 Å². The Morgan fingerprint density at radius 1 is 1.05 bits per heavy atom. The van der Waals surface area contributed by atoms with Crippen LogP contribution in [0, 0.1) is 5.92 Å². The molecule has 0 bridgehead atoms. The maximum atomic E-state index is 11.2. The van der Waals surface area contributed by atoms with Crippen molar-refractivity contribution in [1.29, 1.82) is 0 Å². The zero-order valence-electron chi connectivity index (χ0n) is 11.7. The van der Waals surface area contributed by atoms with Crippen molar-refractivity contribution in [3.05, 3.63) is 28.0 Å². The van der Waals surface area contributed by atoms with Crippen LogP contribution in [0.5, 0.6) is 0 Å². The highest BCUT2D eigenvalue weighted by Gasteiger charge is 2.14. The summed E-state index contributed by atoms with van der Waals surface area (Å²) < 4.78 is 9.52. The van der Waals surface area contributed by atoms with Crippen molar-refractivity contribution in [1.82, 2.24) is 4.98 Å². The van der Waals surface area contributed by atoms with Crippen molar-refractivity contribution in [2.45, 2.75) is 20.8 Å². The van der Waals surface area contributed by atoms with Gasteiger partial charge in [0.15, 0.2) is 0 Å². The van der Waals surface area contributed by atoms with Crippen LogP contribution in [0.25, 0.3) is 0 Å². The molecule has 0 aliphatic heterocycles. The normalized spacial score (nSPS) is 9.42. The fourth-order valence-corrected chi connectivity index (χ4v) is 1.35. The van der Waals surface area contributed by atoms with Gasteiger partial charge in [-0.05, 0) is 18.1 Å². The average molecular weight is 332 g/mol. The topological polar surface area (TPSA) is 65.5 Å². The molecule has 0 aromatic carbocycles. The molecule has 19 heavy (non-hydrogen) atoms. The van der Waals surface area contributed by atoms with Crippen molar-refractivity contribution in [3.63, 3.8) is 0 Å². The van der Waals surface area contributed by atoms with Gasteiger partial charge < -0.3 is 9.47 Å². The highest BCUT2D eigenvalue weighted by atomic mass is 79.9. The van der Waals surface area contributed by atoms with Crippen LogP contribution in [0.4, 0.5) is 0 Å². The Labute approximate surface area is 121 Å². The first-order valence-electron chi connectivity index (χ1n) is 5.66. The van der Waals surface area contributed by atoms with E-state index in [1.54, 1.807) is 0 Å². The molecule has 0 unspecified atom stereocenters. The molecule has 0 spiro atoms. The maximum Gasteiger partial charge on any atom is 0.356 e. The molecule has 0 aliphatic rings. The summed E-state index contributed by atoms with van der Waals surface area (Å²) in [5.41, 5.74) is 0.0968. The van der Waals surface area contributed by atoms with E-state index in [0.717, 1.165) is 5.92 Å². The summed E-state index contributed by atoms with van der Waals surface area (Å²) in [5.74, 6) is -0.386. The van der Waals surface area contributed by atoms with Gasteiger partial charge in [0.1, 0.15) is 11.4 Å². The molecule has 0 saturated carbocycles. The second kappa shape index (κ2) is 8.63. The van der Waals surface area contributed by atoms with Gasteiger partial charge in [-0.15, -0.1) is 0 Å². The molecule has 1 heterocycles. The zero-order valence-corrected chi connectivity index (χ0v) is 13.3. The summed E-state index contributed by atoms with van der Waals surface area (Å²) in [6.45, 7) is 6.50. The Kier molecular flexibility index (Phi) is 7.98. The Bertz CT molecular complexity index is 409. The minimum Gasteiger partial charge on any atom is -0.464 e. The molecule has 0 aliphatic carbocycles. The number of nitrogens with zero attached hydrogens (tertiary/aromatic N) is 1. The molecule has 1 rings (SSSR count). The lowest BCUT2D eigenvalue weighted by molar-refractivity contribution is 0.0585. The van der Waals surface area contributed by atoms with E-state index in [0.29, 0.717) is 4.47 Å². The molecule has 0 saturated heterocycles. The van der Waals surface area contributed by atoms with Gasteiger partial charge in [0.2, 0.25) is 0 Å². The number of esters is 2. The largest absolute Gasteiger partial charge is 0.464 e. The molecule has 0 atom stereocenters. The number of carbonyl (C=O) groups is 2. The quantitative estimate of drug-likeness (QED) is 0.779. The van der Waals surface area contributed by atoms with Gasteiger partial charge in [-0.25, -0.2) is 14.6 Å². The van der Waals surface area contributed by atoms with E-state index in [4.69, 9.17) is 0 Å². The van der Waals surface area contributed by atoms with Crippen LogP contribution in [0.3, 0.4) is 0 Å². The first-order valence-corrected chi connectivity index (χ1v) is 6.45. The molecule has 0 N–H and O–H groups in total. The number of hydrogen-bond donors (Lipinski definition) is 0. The monoisotopic (exact) mass is 331 g/mol. The number of hydrogen-bond acceptors (Lipinski definition) is 5. The van der Waals surface area contributed by atoms with E-state index >= 15 is 0 Å². The Morgan fingerprint density at radius 2 is 1.37 bits per heavy atom. The van der Waals surface area contributed by atoms with Crippen molar-refractivity contribution < 1.29 is 19.1 Å². The fraction of sp³-hybridized carbons (Fsp3) is 0.462. The number of halogens is 1. The summed E-state index contributed by atoms with van der Waals surface area (Å²) in [6.07, 6.45) is 0. The van der Waals surface area contributed by atoms with Crippen molar-refractivity contribution >= 4 is 27.9 Å². The van der Waals surface area contributed by atoms with E-state index in [2.05, 4.69) is 51.2 Å². The number of methoxy groups -OCH3 is 2. The zero-order chi connectivity index (χ0) is 15.0. The molecule has 106 valence electrons. The lowest BCUT2D eigenvalue weighted by Gasteiger charge is -2.02. The molecular weight excluding hydrogens is 314 g/mol. The second-order valence-corrected chi connectivity index (χ2v) is 5.19. The smallest absolute Gasteiger partial charge is 0.356 e. The molecule has 1 aromatic heterocycles. The average Bonchev–Trinajstić information content (AvgIpc) is 2.35. The molecule has 0 fully saturated rings. The van der Waals surface area contributed by atoms with Crippen LogP contribution < -0.4 is 0 Å². The SMILES string of the molecule is CC(C)C.COC(=O)c1cc(Br)cc(C(=O)OC)n1. The standard InChI is InChI=1S/C9H8BrNO4.C4H10/c1-14-8(12)6-3-5(10)4-7(11-6)9(13)15-2;1-4(2)3/h3-4H,1-2H3;4H,1-3H3. The predicted molar refractivity (Wildman–Crippen MR) is 75.1 cm³/mol. The van der Waals surface area contributed by atoms with Crippen LogP contribution in [-0.4, -0.2) is 31.1 Å². The molecule has 5 nitrogen and oxygen atoms in total. The Balaban J connectivity index is 0.000000711. The third-order valence-corrected chi connectivity index (χ3v) is 2.04. The molecule has 6 heteroatoms. The molecular formula is C13H18BrNO4. The maximum absolute atomic E-state index is 11.2.